The number of rotatable bonds is 4. The second-order valence-electron chi connectivity index (χ2n) is 8.41. The average Bonchev–Trinajstić information content (AvgIpc) is 3.26. The highest BCUT2D eigenvalue weighted by molar-refractivity contribution is 7.09. The van der Waals surface area contributed by atoms with Crippen LogP contribution in [0.4, 0.5) is 26.3 Å². The summed E-state index contributed by atoms with van der Waals surface area (Å²) in [5.41, 5.74) is 1.11. The fraction of sp³-hybridized carbons (Fsp3) is 0.700. The SMILES string of the molecule is Cc1nc(CN2C[C@H](C(=O)NC3CC3)[C@@H]3CCO[C@@H]3C2)cs1.O=C(O)C(F)(F)F.O=C(O)C(F)(F)F. The number of carboxylic acids is 2. The van der Waals surface area contributed by atoms with Gasteiger partial charge in [0.1, 0.15) is 0 Å². The van der Waals surface area contributed by atoms with Gasteiger partial charge in [-0.15, -0.1) is 11.3 Å². The molecule has 36 heavy (non-hydrogen) atoms. The van der Waals surface area contributed by atoms with Gasteiger partial charge in [0.05, 0.1) is 22.7 Å². The molecule has 0 radical (unpaired) electrons. The lowest BCUT2D eigenvalue weighted by molar-refractivity contribution is -0.193. The van der Waals surface area contributed by atoms with Crippen LogP contribution in [0.2, 0.25) is 0 Å². The van der Waals surface area contributed by atoms with Gasteiger partial charge in [-0.25, -0.2) is 14.6 Å². The third-order valence-corrected chi connectivity index (χ3v) is 6.29. The van der Waals surface area contributed by atoms with Gasteiger partial charge in [-0.05, 0) is 26.2 Å². The average molecular weight is 549 g/mol. The van der Waals surface area contributed by atoms with E-state index in [1.165, 1.54) is 0 Å². The van der Waals surface area contributed by atoms with Crippen molar-refractivity contribution in [1.82, 2.24) is 15.2 Å². The Morgan fingerprint density at radius 2 is 1.64 bits per heavy atom. The van der Waals surface area contributed by atoms with Crippen molar-refractivity contribution in [2.24, 2.45) is 11.8 Å². The maximum atomic E-state index is 12.6. The molecule has 9 nitrogen and oxygen atoms in total. The lowest BCUT2D eigenvalue weighted by Gasteiger charge is -2.39. The fourth-order valence-electron chi connectivity index (χ4n) is 3.71. The van der Waals surface area contributed by atoms with Gasteiger partial charge < -0.3 is 20.3 Å². The molecule has 3 heterocycles. The molecule has 0 aromatic carbocycles. The molecule has 1 aromatic rings. The summed E-state index contributed by atoms with van der Waals surface area (Å²) in [4.78, 5) is 37.3. The number of nitrogens with zero attached hydrogens (tertiary/aromatic N) is 2. The molecule has 1 saturated carbocycles. The minimum atomic E-state index is -5.08. The number of amides is 1. The summed E-state index contributed by atoms with van der Waals surface area (Å²) < 4.78 is 69.4. The summed E-state index contributed by atoms with van der Waals surface area (Å²) in [7, 11) is 0. The van der Waals surface area contributed by atoms with Gasteiger partial charge in [0, 0.05) is 43.6 Å². The number of hydrogen-bond donors (Lipinski definition) is 3. The Hall–Kier alpha value is -2.46. The van der Waals surface area contributed by atoms with Crippen LogP contribution >= 0.6 is 11.3 Å². The maximum Gasteiger partial charge on any atom is 0.490 e. The Bertz CT molecular complexity index is 896. The Kier molecular flexibility index (Phi) is 10.1. The Balaban J connectivity index is 0.000000271. The van der Waals surface area contributed by atoms with E-state index in [0.717, 1.165) is 56.2 Å². The largest absolute Gasteiger partial charge is 0.490 e. The molecule has 1 aromatic heterocycles. The Labute approximate surface area is 205 Å². The van der Waals surface area contributed by atoms with Gasteiger partial charge in [0.25, 0.3) is 0 Å². The number of alkyl halides is 6. The standard InChI is InChI=1S/C16H23N3O2S.2C2HF3O2/c1-10-17-12(9-22-10)6-19-7-14(16(20)18-11-2-3-11)13-4-5-21-15(13)8-19;2*3-2(4,5)1(6)7/h9,11,13-15H,2-8H2,1H3,(H,18,20);2*(H,6,7)/t13-,14-,15+;;/m0../s1. The second kappa shape index (κ2) is 12.2. The van der Waals surface area contributed by atoms with E-state index in [1.807, 2.05) is 6.92 Å². The highest BCUT2D eigenvalue weighted by Gasteiger charge is 2.45. The van der Waals surface area contributed by atoms with Crippen molar-refractivity contribution in [3.8, 4) is 0 Å². The molecule has 3 N–H and O–H groups in total. The molecule has 204 valence electrons. The van der Waals surface area contributed by atoms with Crippen LogP contribution < -0.4 is 5.32 Å². The van der Waals surface area contributed by atoms with Gasteiger partial charge in [-0.3, -0.25) is 9.69 Å². The van der Waals surface area contributed by atoms with Gasteiger partial charge in [-0.2, -0.15) is 26.3 Å². The number of carbonyl (C=O) groups excluding carboxylic acids is 1. The van der Waals surface area contributed by atoms with Gasteiger partial charge >= 0.3 is 24.3 Å². The number of halogens is 6. The number of ether oxygens (including phenoxy) is 1. The first-order valence-corrected chi connectivity index (χ1v) is 11.6. The first kappa shape index (κ1) is 29.8. The summed E-state index contributed by atoms with van der Waals surface area (Å²) in [6.45, 7) is 5.41. The van der Waals surface area contributed by atoms with Crippen molar-refractivity contribution >= 4 is 29.2 Å². The van der Waals surface area contributed by atoms with E-state index in [9.17, 15) is 31.1 Å². The number of aromatic nitrogens is 1. The zero-order chi connectivity index (χ0) is 27.3. The molecule has 0 spiro atoms. The van der Waals surface area contributed by atoms with E-state index in [1.54, 1.807) is 11.3 Å². The summed E-state index contributed by atoms with van der Waals surface area (Å²) in [6, 6.07) is 0.435. The van der Waals surface area contributed by atoms with Gasteiger partial charge in [0.15, 0.2) is 0 Å². The van der Waals surface area contributed by atoms with Crippen LogP contribution in [0.3, 0.4) is 0 Å². The van der Waals surface area contributed by atoms with Crippen molar-refractivity contribution in [1.29, 1.82) is 0 Å². The topological polar surface area (TPSA) is 129 Å². The van der Waals surface area contributed by atoms with E-state index < -0.39 is 24.3 Å². The number of piperidine rings is 1. The number of aryl methyl sites for hydroxylation is 1. The fourth-order valence-corrected chi connectivity index (χ4v) is 4.31. The van der Waals surface area contributed by atoms with E-state index in [2.05, 4.69) is 20.6 Å². The minimum absolute atomic E-state index is 0.0709. The number of thiazole rings is 1. The van der Waals surface area contributed by atoms with Crippen molar-refractivity contribution in [2.45, 2.75) is 57.2 Å². The third kappa shape index (κ3) is 9.54. The quantitative estimate of drug-likeness (QED) is 0.489. The van der Waals surface area contributed by atoms with Crippen LogP contribution in [0, 0.1) is 18.8 Å². The zero-order valence-corrected chi connectivity index (χ0v) is 19.8. The zero-order valence-electron chi connectivity index (χ0n) is 18.9. The number of fused-ring (bicyclic) bond motifs is 1. The molecular weight excluding hydrogens is 524 g/mol. The molecule has 2 aliphatic heterocycles. The molecule has 3 fully saturated rings. The number of carbonyl (C=O) groups is 3. The molecule has 0 unspecified atom stereocenters. The number of carboxylic acid groups (broad SMARTS) is 2. The lowest BCUT2D eigenvalue weighted by atomic mass is 9.82. The number of aliphatic carboxylic acids is 2. The van der Waals surface area contributed by atoms with Crippen molar-refractivity contribution in [2.75, 3.05) is 19.7 Å². The van der Waals surface area contributed by atoms with Crippen LogP contribution in [0.1, 0.15) is 30.0 Å². The van der Waals surface area contributed by atoms with Crippen LogP contribution in [0.25, 0.3) is 0 Å². The highest BCUT2D eigenvalue weighted by Crippen LogP contribution is 2.35. The summed E-state index contributed by atoms with van der Waals surface area (Å²) >= 11 is 1.69. The Morgan fingerprint density at radius 3 is 2.08 bits per heavy atom. The lowest BCUT2D eigenvalue weighted by Crippen LogP contribution is -2.52. The molecule has 0 bridgehead atoms. The highest BCUT2D eigenvalue weighted by atomic mass is 32.1. The minimum Gasteiger partial charge on any atom is -0.475 e. The third-order valence-electron chi connectivity index (χ3n) is 5.47. The second-order valence-corrected chi connectivity index (χ2v) is 9.47. The smallest absolute Gasteiger partial charge is 0.475 e. The molecule has 4 rings (SSSR count). The van der Waals surface area contributed by atoms with Crippen molar-refractivity contribution < 1.29 is 55.7 Å². The predicted octanol–water partition coefficient (Wildman–Crippen LogP) is 2.83. The molecule has 16 heteroatoms. The Morgan fingerprint density at radius 1 is 1.08 bits per heavy atom. The summed E-state index contributed by atoms with van der Waals surface area (Å²) in [6.07, 6.45) is -6.64. The molecule has 2 saturated heterocycles. The van der Waals surface area contributed by atoms with E-state index in [-0.39, 0.29) is 17.9 Å². The van der Waals surface area contributed by atoms with Crippen LogP contribution in [-0.2, 0) is 25.7 Å². The number of hydrogen-bond acceptors (Lipinski definition) is 7. The van der Waals surface area contributed by atoms with Crippen LogP contribution in [-0.4, -0.2) is 82.1 Å². The van der Waals surface area contributed by atoms with Crippen molar-refractivity contribution in [3.05, 3.63) is 16.1 Å². The maximum absolute atomic E-state index is 12.6. The first-order chi connectivity index (χ1) is 16.6. The van der Waals surface area contributed by atoms with Gasteiger partial charge in [0.2, 0.25) is 5.91 Å². The molecule has 1 aliphatic carbocycles. The normalized spacial score (nSPS) is 23.9. The summed E-state index contributed by atoms with van der Waals surface area (Å²) in [5.74, 6) is -4.81. The predicted molar refractivity (Wildman–Crippen MR) is 112 cm³/mol. The monoisotopic (exact) mass is 549 g/mol. The van der Waals surface area contributed by atoms with Gasteiger partial charge in [-0.1, -0.05) is 0 Å². The molecule has 1 amide bonds. The molecular formula is C20H25F6N3O6S. The summed E-state index contributed by atoms with van der Waals surface area (Å²) in [5, 5.41) is 20.7. The van der Waals surface area contributed by atoms with Crippen LogP contribution in [0.5, 0.6) is 0 Å². The van der Waals surface area contributed by atoms with E-state index in [0.29, 0.717) is 12.0 Å². The van der Waals surface area contributed by atoms with E-state index in [4.69, 9.17) is 24.5 Å². The number of nitrogens with one attached hydrogen (secondary N) is 1. The van der Waals surface area contributed by atoms with E-state index >= 15 is 0 Å². The number of likely N-dealkylation sites (tertiary alicyclic amines) is 1. The molecule has 3 aliphatic rings. The van der Waals surface area contributed by atoms with Crippen molar-refractivity contribution in [3.63, 3.8) is 0 Å². The van der Waals surface area contributed by atoms with Crippen LogP contribution in [0.15, 0.2) is 5.38 Å². The molecule has 3 atom stereocenters. The first-order valence-electron chi connectivity index (χ1n) is 10.7.